The summed E-state index contributed by atoms with van der Waals surface area (Å²) in [6.07, 6.45) is 0. The first-order chi connectivity index (χ1) is 11.5. The second-order valence-corrected chi connectivity index (χ2v) is 6.01. The van der Waals surface area contributed by atoms with Gasteiger partial charge in [0.1, 0.15) is 5.56 Å². The van der Waals surface area contributed by atoms with Crippen molar-refractivity contribution >= 4 is 34.8 Å². The average molecular weight is 362 g/mol. The van der Waals surface area contributed by atoms with Gasteiger partial charge in [0.25, 0.3) is 11.5 Å². The molecule has 7 heteroatoms. The fraction of sp³-hybridized carbons (Fsp3) is 0.0588. The van der Waals surface area contributed by atoms with Crippen molar-refractivity contribution in [2.24, 2.45) is 0 Å². The summed E-state index contributed by atoms with van der Waals surface area (Å²) in [5.41, 5.74) is 1.04. The van der Waals surface area contributed by atoms with Gasteiger partial charge in [0.15, 0.2) is 0 Å². The van der Waals surface area contributed by atoms with Crippen LogP contribution < -0.4 is 10.9 Å². The first-order valence-electron chi connectivity index (χ1n) is 7.11. The third-order valence-corrected chi connectivity index (χ3v) is 4.05. The van der Waals surface area contributed by atoms with E-state index in [0.717, 1.165) is 0 Å². The molecule has 0 unspecified atom stereocenters. The van der Waals surface area contributed by atoms with E-state index in [4.69, 9.17) is 23.2 Å². The van der Waals surface area contributed by atoms with Gasteiger partial charge in [0.05, 0.1) is 16.4 Å². The highest BCUT2D eigenvalue weighted by Crippen LogP contribution is 2.25. The third kappa shape index (κ3) is 3.09. The van der Waals surface area contributed by atoms with Gasteiger partial charge in [-0.3, -0.25) is 14.7 Å². The molecule has 0 bridgehead atoms. The number of carbonyl (C=O) groups is 1. The van der Waals surface area contributed by atoms with Gasteiger partial charge in [-0.2, -0.15) is 0 Å². The predicted molar refractivity (Wildman–Crippen MR) is 95.5 cm³/mol. The molecule has 0 atom stereocenters. The van der Waals surface area contributed by atoms with Crippen LogP contribution in [0.5, 0.6) is 0 Å². The van der Waals surface area contributed by atoms with Crippen LogP contribution in [0.1, 0.15) is 16.1 Å². The minimum Gasteiger partial charge on any atom is -0.320 e. The van der Waals surface area contributed by atoms with E-state index in [-0.39, 0.29) is 5.56 Å². The number of hydrogen-bond donors (Lipinski definition) is 2. The Kier molecular flexibility index (Phi) is 4.46. The first-order valence-corrected chi connectivity index (χ1v) is 7.86. The average Bonchev–Trinajstić information content (AvgIpc) is 2.86. The molecular formula is C17H13Cl2N3O2. The van der Waals surface area contributed by atoms with Gasteiger partial charge in [-0.15, -0.1) is 0 Å². The number of aromatic amines is 1. The number of benzene rings is 2. The zero-order valence-corrected chi connectivity index (χ0v) is 14.2. The molecule has 122 valence electrons. The number of para-hydroxylation sites is 1. The lowest BCUT2D eigenvalue weighted by atomic mass is 10.2. The molecule has 1 amide bonds. The molecule has 3 rings (SSSR count). The molecule has 0 fully saturated rings. The summed E-state index contributed by atoms with van der Waals surface area (Å²) in [7, 11) is 0. The summed E-state index contributed by atoms with van der Waals surface area (Å²) in [4.78, 5) is 25.1. The maximum atomic E-state index is 12.6. The Hall–Kier alpha value is -2.50. The van der Waals surface area contributed by atoms with Crippen LogP contribution in [0.25, 0.3) is 5.69 Å². The summed E-state index contributed by atoms with van der Waals surface area (Å²) >= 11 is 12.0. The number of amides is 1. The van der Waals surface area contributed by atoms with Crippen molar-refractivity contribution in [1.82, 2.24) is 9.78 Å². The van der Waals surface area contributed by atoms with E-state index < -0.39 is 11.5 Å². The maximum Gasteiger partial charge on any atom is 0.284 e. The monoisotopic (exact) mass is 361 g/mol. The van der Waals surface area contributed by atoms with Gasteiger partial charge in [-0.1, -0.05) is 41.4 Å². The quantitative estimate of drug-likeness (QED) is 0.739. The van der Waals surface area contributed by atoms with Crippen LogP contribution in [-0.4, -0.2) is 15.7 Å². The smallest absolute Gasteiger partial charge is 0.284 e. The van der Waals surface area contributed by atoms with E-state index in [1.165, 1.54) is 10.7 Å². The molecule has 0 aliphatic heterocycles. The lowest BCUT2D eigenvalue weighted by Gasteiger charge is -2.06. The fourth-order valence-electron chi connectivity index (χ4n) is 2.35. The maximum absolute atomic E-state index is 12.6. The van der Waals surface area contributed by atoms with Crippen LogP contribution in [0.15, 0.2) is 53.3 Å². The molecular weight excluding hydrogens is 349 g/mol. The number of anilines is 1. The van der Waals surface area contributed by atoms with Gasteiger partial charge in [0.2, 0.25) is 0 Å². The second-order valence-electron chi connectivity index (χ2n) is 5.17. The van der Waals surface area contributed by atoms with Crippen molar-refractivity contribution in [2.75, 3.05) is 5.32 Å². The van der Waals surface area contributed by atoms with Gasteiger partial charge in [-0.25, -0.2) is 4.68 Å². The summed E-state index contributed by atoms with van der Waals surface area (Å²) in [6.45, 7) is 1.66. The van der Waals surface area contributed by atoms with E-state index >= 15 is 0 Å². The van der Waals surface area contributed by atoms with Crippen LogP contribution in [0.3, 0.4) is 0 Å². The van der Waals surface area contributed by atoms with Crippen molar-refractivity contribution in [2.45, 2.75) is 6.92 Å². The van der Waals surface area contributed by atoms with Gasteiger partial charge in [0, 0.05) is 10.7 Å². The van der Waals surface area contributed by atoms with E-state index in [1.807, 2.05) is 18.2 Å². The van der Waals surface area contributed by atoms with E-state index in [2.05, 4.69) is 10.4 Å². The molecule has 0 spiro atoms. The normalized spacial score (nSPS) is 10.6. The van der Waals surface area contributed by atoms with Gasteiger partial charge < -0.3 is 5.32 Å². The lowest BCUT2D eigenvalue weighted by molar-refractivity contribution is 0.102. The standard InChI is InChI=1S/C17H13Cl2N3O2/c1-10-15(16(23)20-14-9-11(18)7-8-13(14)19)17(24)22(21-10)12-5-3-2-4-6-12/h2-9,21H,1H3,(H,20,23). The number of nitrogens with zero attached hydrogens (tertiary/aromatic N) is 1. The van der Waals surface area contributed by atoms with Gasteiger partial charge >= 0.3 is 0 Å². The summed E-state index contributed by atoms with van der Waals surface area (Å²) < 4.78 is 1.32. The summed E-state index contributed by atoms with van der Waals surface area (Å²) in [5.74, 6) is -0.549. The highest BCUT2D eigenvalue weighted by Gasteiger charge is 2.20. The fourth-order valence-corrected chi connectivity index (χ4v) is 2.69. The second kappa shape index (κ2) is 6.55. The first kappa shape index (κ1) is 16.4. The van der Waals surface area contributed by atoms with Crippen LogP contribution in [0.2, 0.25) is 10.0 Å². The summed E-state index contributed by atoms with van der Waals surface area (Å²) in [6, 6.07) is 13.7. The topological polar surface area (TPSA) is 66.9 Å². The third-order valence-electron chi connectivity index (χ3n) is 3.49. The SMILES string of the molecule is Cc1[nH]n(-c2ccccc2)c(=O)c1C(=O)Nc1cc(Cl)ccc1Cl. The highest BCUT2D eigenvalue weighted by molar-refractivity contribution is 6.35. The minimum absolute atomic E-state index is 0.0231. The molecule has 0 aliphatic rings. The zero-order chi connectivity index (χ0) is 17.3. The van der Waals surface area contributed by atoms with Crippen molar-refractivity contribution in [1.29, 1.82) is 0 Å². The van der Waals surface area contributed by atoms with Crippen LogP contribution >= 0.6 is 23.2 Å². The molecule has 0 saturated carbocycles. The molecule has 1 aromatic heterocycles. The highest BCUT2D eigenvalue weighted by atomic mass is 35.5. The molecule has 2 aromatic carbocycles. The molecule has 0 saturated heterocycles. The number of rotatable bonds is 3. The van der Waals surface area contributed by atoms with Crippen LogP contribution in [-0.2, 0) is 0 Å². The molecule has 2 N–H and O–H groups in total. The number of nitrogens with one attached hydrogen (secondary N) is 2. The number of carbonyl (C=O) groups excluding carboxylic acids is 1. The van der Waals surface area contributed by atoms with E-state index in [0.29, 0.717) is 27.1 Å². The van der Waals surface area contributed by atoms with Crippen molar-refractivity contribution < 1.29 is 4.79 Å². The van der Waals surface area contributed by atoms with Crippen molar-refractivity contribution in [3.63, 3.8) is 0 Å². The number of hydrogen-bond acceptors (Lipinski definition) is 2. The molecule has 3 aromatic rings. The molecule has 1 heterocycles. The number of H-pyrrole nitrogens is 1. The largest absolute Gasteiger partial charge is 0.320 e. The Morgan fingerprint density at radius 3 is 2.54 bits per heavy atom. The number of aromatic nitrogens is 2. The Morgan fingerprint density at radius 2 is 1.83 bits per heavy atom. The van der Waals surface area contributed by atoms with E-state index in [9.17, 15) is 9.59 Å². The Morgan fingerprint density at radius 1 is 1.12 bits per heavy atom. The zero-order valence-electron chi connectivity index (χ0n) is 12.6. The Labute approximate surface area is 147 Å². The molecule has 0 aliphatic carbocycles. The molecule has 0 radical (unpaired) electrons. The Balaban J connectivity index is 1.98. The van der Waals surface area contributed by atoms with Crippen LogP contribution in [0.4, 0.5) is 5.69 Å². The summed E-state index contributed by atoms with van der Waals surface area (Å²) in [5, 5.41) is 6.30. The molecule has 5 nitrogen and oxygen atoms in total. The van der Waals surface area contributed by atoms with E-state index in [1.54, 1.807) is 31.2 Å². The lowest BCUT2D eigenvalue weighted by Crippen LogP contribution is -2.24. The predicted octanol–water partition coefficient (Wildman–Crippen LogP) is 4.03. The Bertz CT molecular complexity index is 962. The van der Waals surface area contributed by atoms with Crippen molar-refractivity contribution in [3.05, 3.63) is 80.2 Å². The minimum atomic E-state index is -0.549. The molecule has 24 heavy (non-hydrogen) atoms. The number of aryl methyl sites for hydroxylation is 1. The number of halogens is 2. The van der Waals surface area contributed by atoms with Crippen molar-refractivity contribution in [3.8, 4) is 5.69 Å². The van der Waals surface area contributed by atoms with Gasteiger partial charge in [-0.05, 0) is 37.3 Å². The van der Waals surface area contributed by atoms with Crippen LogP contribution in [0, 0.1) is 6.92 Å².